The number of ether oxygens (including phenoxy) is 1. The van der Waals surface area contributed by atoms with Crippen molar-refractivity contribution in [3.8, 4) is 0 Å². The van der Waals surface area contributed by atoms with Crippen LogP contribution in [0, 0.1) is 5.92 Å². The fourth-order valence-corrected chi connectivity index (χ4v) is 3.98. The van der Waals surface area contributed by atoms with Crippen LogP contribution < -0.4 is 5.32 Å². The Morgan fingerprint density at radius 3 is 2.42 bits per heavy atom. The second kappa shape index (κ2) is 7.76. The van der Waals surface area contributed by atoms with Crippen molar-refractivity contribution in [3.05, 3.63) is 47.7 Å². The van der Waals surface area contributed by atoms with Gasteiger partial charge in [0.1, 0.15) is 12.5 Å². The Hall–Kier alpha value is -1.92. The molecule has 142 valence electrons. The van der Waals surface area contributed by atoms with Gasteiger partial charge in [-0.1, -0.05) is 51.1 Å². The van der Waals surface area contributed by atoms with Crippen LogP contribution in [0.25, 0.3) is 0 Å². The summed E-state index contributed by atoms with van der Waals surface area (Å²) in [4.78, 5) is 24.1. The molecule has 0 bridgehead atoms. The lowest BCUT2D eigenvalue weighted by molar-refractivity contribution is -0.139. The van der Waals surface area contributed by atoms with E-state index < -0.39 is 20.2 Å². The first kappa shape index (κ1) is 20.4. The quantitative estimate of drug-likeness (QED) is 0.356. The van der Waals surface area contributed by atoms with E-state index in [1.165, 1.54) is 6.08 Å². The Kier molecular flexibility index (Phi) is 6.08. The number of nitrogens with one attached hydrogen (secondary N) is 1. The molecule has 1 aromatic carbocycles. The summed E-state index contributed by atoms with van der Waals surface area (Å²) < 4.78 is 11.6. The Labute approximate surface area is 156 Å². The van der Waals surface area contributed by atoms with Gasteiger partial charge in [0.2, 0.25) is 5.91 Å². The third-order valence-electron chi connectivity index (χ3n) is 5.14. The molecule has 0 saturated carbocycles. The van der Waals surface area contributed by atoms with Gasteiger partial charge in [-0.3, -0.25) is 4.79 Å². The summed E-state index contributed by atoms with van der Waals surface area (Å²) in [5.41, 5.74) is 1.49. The molecule has 0 unspecified atom stereocenters. The van der Waals surface area contributed by atoms with Gasteiger partial charge in [-0.05, 0) is 30.6 Å². The zero-order chi connectivity index (χ0) is 19.5. The highest BCUT2D eigenvalue weighted by Gasteiger charge is 2.45. The minimum absolute atomic E-state index is 0.0555. The summed E-state index contributed by atoms with van der Waals surface area (Å²) in [6.07, 6.45) is 1.08. The lowest BCUT2D eigenvalue weighted by atomic mass is 9.91. The van der Waals surface area contributed by atoms with Crippen molar-refractivity contribution in [2.45, 2.75) is 58.5 Å². The molecule has 2 atom stereocenters. The summed E-state index contributed by atoms with van der Waals surface area (Å²) in [6.45, 7) is 12.9. The van der Waals surface area contributed by atoms with Crippen molar-refractivity contribution in [2.75, 3.05) is 0 Å². The molecule has 1 amide bonds. The maximum absolute atomic E-state index is 12.1. The Morgan fingerprint density at radius 2 is 1.88 bits per heavy atom. The second-order valence-electron chi connectivity index (χ2n) is 8.24. The summed E-state index contributed by atoms with van der Waals surface area (Å²) in [6, 6.07) is 9.48. The molecule has 0 radical (unpaired) electrons. The Bertz CT molecular complexity index is 692. The van der Waals surface area contributed by atoms with Crippen molar-refractivity contribution in [1.82, 2.24) is 5.32 Å². The zero-order valence-electron chi connectivity index (χ0n) is 16.5. The van der Waals surface area contributed by atoms with Crippen molar-refractivity contribution in [2.24, 2.45) is 5.92 Å². The van der Waals surface area contributed by atoms with Crippen LogP contribution in [0.1, 0.15) is 33.3 Å². The average molecular weight is 376 g/mol. The standard InChI is InChI=1S/C20H29NO4Si/c1-14(25-26(5,6)20(2,3)4)18-16(21-19(18)23)12-17(22)24-13-15-10-8-7-9-11-15/h7-12,14,18H,13H2,1-6H3,(H,21,23)/b16-12+/t14-,18-/m1/s1. The molecule has 0 spiro atoms. The van der Waals surface area contributed by atoms with Gasteiger partial charge < -0.3 is 14.5 Å². The van der Waals surface area contributed by atoms with E-state index in [1.54, 1.807) is 0 Å². The fraction of sp³-hybridized carbons (Fsp3) is 0.500. The first-order valence-corrected chi connectivity index (χ1v) is 11.8. The minimum Gasteiger partial charge on any atom is -0.458 e. The molecule has 26 heavy (non-hydrogen) atoms. The Balaban J connectivity index is 1.98. The van der Waals surface area contributed by atoms with E-state index in [2.05, 4.69) is 39.2 Å². The highest BCUT2D eigenvalue weighted by Crippen LogP contribution is 2.39. The molecule has 1 aromatic rings. The van der Waals surface area contributed by atoms with Crippen molar-refractivity contribution >= 4 is 20.2 Å². The predicted octanol–water partition coefficient (Wildman–Crippen LogP) is 3.77. The van der Waals surface area contributed by atoms with Crippen LogP contribution in [0.4, 0.5) is 0 Å². The van der Waals surface area contributed by atoms with Crippen molar-refractivity contribution in [1.29, 1.82) is 0 Å². The molecule has 1 aliphatic heterocycles. The van der Waals surface area contributed by atoms with Crippen LogP contribution in [0.15, 0.2) is 42.1 Å². The number of carbonyl (C=O) groups is 2. The third kappa shape index (κ3) is 4.83. The monoisotopic (exact) mass is 375 g/mol. The summed E-state index contributed by atoms with van der Waals surface area (Å²) in [5.74, 6) is -1.01. The molecule has 1 N–H and O–H groups in total. The topological polar surface area (TPSA) is 64.6 Å². The SMILES string of the molecule is C[C@@H](O[Si](C)(C)C(C)(C)C)[C@H]1C(=O)N/C1=C/C(=O)OCc1ccccc1. The maximum atomic E-state index is 12.1. The number of hydrogen-bond acceptors (Lipinski definition) is 4. The molecule has 6 heteroatoms. The average Bonchev–Trinajstić information content (AvgIpc) is 2.51. The van der Waals surface area contributed by atoms with E-state index in [0.29, 0.717) is 5.70 Å². The molecule has 0 aromatic heterocycles. The van der Waals surface area contributed by atoms with Crippen LogP contribution in [0.2, 0.25) is 18.1 Å². The van der Waals surface area contributed by atoms with E-state index >= 15 is 0 Å². The van der Waals surface area contributed by atoms with Gasteiger partial charge in [-0.2, -0.15) is 0 Å². The lowest BCUT2D eigenvalue weighted by Gasteiger charge is -2.42. The number of carbonyl (C=O) groups excluding carboxylic acids is 2. The summed E-state index contributed by atoms with van der Waals surface area (Å²) in [7, 11) is -1.99. The molecule has 1 saturated heterocycles. The van der Waals surface area contributed by atoms with Gasteiger partial charge in [0.25, 0.3) is 0 Å². The largest absolute Gasteiger partial charge is 0.458 e. The number of amides is 1. The van der Waals surface area contributed by atoms with Crippen LogP contribution >= 0.6 is 0 Å². The molecule has 0 aliphatic carbocycles. The number of benzene rings is 1. The van der Waals surface area contributed by atoms with Gasteiger partial charge in [-0.25, -0.2) is 4.79 Å². The number of β-lactam (4-membered cyclic amide) rings is 1. The molecular weight excluding hydrogens is 346 g/mol. The molecule has 1 heterocycles. The lowest BCUT2D eigenvalue weighted by Crippen LogP contribution is -2.55. The Morgan fingerprint density at radius 1 is 1.27 bits per heavy atom. The molecule has 1 fully saturated rings. The van der Waals surface area contributed by atoms with Crippen molar-refractivity contribution < 1.29 is 18.8 Å². The highest BCUT2D eigenvalue weighted by molar-refractivity contribution is 6.74. The van der Waals surface area contributed by atoms with Crippen LogP contribution in [0.5, 0.6) is 0 Å². The minimum atomic E-state index is -1.99. The second-order valence-corrected chi connectivity index (χ2v) is 13.0. The predicted molar refractivity (Wildman–Crippen MR) is 104 cm³/mol. The van der Waals surface area contributed by atoms with Crippen molar-refractivity contribution in [3.63, 3.8) is 0 Å². The smallest absolute Gasteiger partial charge is 0.332 e. The zero-order valence-corrected chi connectivity index (χ0v) is 17.5. The summed E-state index contributed by atoms with van der Waals surface area (Å²) >= 11 is 0. The first-order valence-electron chi connectivity index (χ1n) is 8.92. The van der Waals surface area contributed by atoms with E-state index in [9.17, 15) is 9.59 Å². The third-order valence-corrected chi connectivity index (χ3v) is 9.71. The van der Waals surface area contributed by atoms with Crippen LogP contribution in [-0.2, 0) is 25.4 Å². The van der Waals surface area contributed by atoms with E-state index in [0.717, 1.165) is 5.56 Å². The van der Waals surface area contributed by atoms with Crippen LogP contribution in [-0.4, -0.2) is 26.3 Å². The number of esters is 1. The molecule has 2 rings (SSSR count). The molecule has 5 nitrogen and oxygen atoms in total. The first-order chi connectivity index (χ1) is 12.0. The van der Waals surface area contributed by atoms with Gasteiger partial charge in [0.15, 0.2) is 8.32 Å². The van der Waals surface area contributed by atoms with Gasteiger partial charge in [0, 0.05) is 11.8 Å². The summed E-state index contributed by atoms with van der Waals surface area (Å²) in [5, 5.41) is 2.74. The fourth-order valence-electron chi connectivity index (χ4n) is 2.56. The van der Waals surface area contributed by atoms with Gasteiger partial charge in [-0.15, -0.1) is 0 Å². The molecular formula is C20H29NO4Si. The normalized spacial score (nSPS) is 20.3. The maximum Gasteiger partial charge on any atom is 0.332 e. The van der Waals surface area contributed by atoms with Gasteiger partial charge in [0.05, 0.1) is 6.10 Å². The van der Waals surface area contributed by atoms with E-state index in [-0.39, 0.29) is 23.7 Å². The molecule has 1 aliphatic rings. The van der Waals surface area contributed by atoms with Crippen LogP contribution in [0.3, 0.4) is 0 Å². The van der Waals surface area contributed by atoms with Gasteiger partial charge >= 0.3 is 5.97 Å². The highest BCUT2D eigenvalue weighted by atomic mass is 28.4. The van der Waals surface area contributed by atoms with E-state index in [1.807, 2.05) is 37.3 Å². The number of rotatable bonds is 6. The number of hydrogen-bond donors (Lipinski definition) is 1. The van der Waals surface area contributed by atoms with E-state index in [4.69, 9.17) is 9.16 Å².